The van der Waals surface area contributed by atoms with Gasteiger partial charge in [0.2, 0.25) is 0 Å². The quantitative estimate of drug-likeness (QED) is 0.838. The third-order valence-electron chi connectivity index (χ3n) is 3.54. The second kappa shape index (κ2) is 5.60. The van der Waals surface area contributed by atoms with Crippen molar-refractivity contribution in [1.29, 1.82) is 0 Å². The molecule has 1 fully saturated rings. The second-order valence-electron chi connectivity index (χ2n) is 5.22. The van der Waals surface area contributed by atoms with E-state index in [4.69, 9.17) is 23.2 Å². The van der Waals surface area contributed by atoms with Gasteiger partial charge in [-0.05, 0) is 50.4 Å². The van der Waals surface area contributed by atoms with Gasteiger partial charge in [-0.15, -0.1) is 0 Å². The molecule has 0 spiro atoms. The summed E-state index contributed by atoms with van der Waals surface area (Å²) >= 11 is 12.0. The van der Waals surface area contributed by atoms with Crippen molar-refractivity contribution in [3.63, 3.8) is 0 Å². The Morgan fingerprint density at radius 2 is 2.00 bits per heavy atom. The zero-order valence-electron chi connectivity index (χ0n) is 10.2. The summed E-state index contributed by atoms with van der Waals surface area (Å²) in [7, 11) is 0. The lowest BCUT2D eigenvalue weighted by Gasteiger charge is -2.29. The molecule has 3 heteroatoms. The molecule has 0 bridgehead atoms. The van der Waals surface area contributed by atoms with Gasteiger partial charge in [-0.1, -0.05) is 42.1 Å². The van der Waals surface area contributed by atoms with E-state index in [1.807, 2.05) is 12.1 Å². The summed E-state index contributed by atoms with van der Waals surface area (Å²) in [6, 6.07) is 5.95. The normalized spacial score (nSPS) is 25.6. The van der Waals surface area contributed by atoms with Gasteiger partial charge in [-0.3, -0.25) is 0 Å². The van der Waals surface area contributed by atoms with Gasteiger partial charge in [0.05, 0.1) is 10.0 Å². The molecule has 0 amide bonds. The van der Waals surface area contributed by atoms with Crippen LogP contribution in [0.5, 0.6) is 0 Å². The van der Waals surface area contributed by atoms with Crippen LogP contribution in [-0.4, -0.2) is 12.1 Å². The van der Waals surface area contributed by atoms with Crippen LogP contribution in [0.1, 0.15) is 38.2 Å². The van der Waals surface area contributed by atoms with Crippen LogP contribution in [0.15, 0.2) is 18.2 Å². The molecule has 1 atom stereocenters. The van der Waals surface area contributed by atoms with E-state index in [0.29, 0.717) is 10.0 Å². The molecule has 0 aliphatic carbocycles. The molecule has 1 saturated heterocycles. The van der Waals surface area contributed by atoms with Gasteiger partial charge in [0.1, 0.15) is 0 Å². The fourth-order valence-corrected chi connectivity index (χ4v) is 2.87. The minimum atomic E-state index is 0.202. The lowest BCUT2D eigenvalue weighted by molar-refractivity contribution is 0.345. The topological polar surface area (TPSA) is 12.0 Å². The first-order valence-corrected chi connectivity index (χ1v) is 7.04. The van der Waals surface area contributed by atoms with Crippen molar-refractivity contribution in [2.45, 2.75) is 44.6 Å². The van der Waals surface area contributed by atoms with Crippen LogP contribution in [0.25, 0.3) is 0 Å². The van der Waals surface area contributed by atoms with Gasteiger partial charge in [0.15, 0.2) is 0 Å². The molecule has 0 radical (unpaired) electrons. The van der Waals surface area contributed by atoms with Crippen molar-refractivity contribution in [1.82, 2.24) is 5.32 Å². The lowest BCUT2D eigenvalue weighted by atomic mass is 9.88. The highest BCUT2D eigenvalue weighted by atomic mass is 35.5. The third kappa shape index (κ3) is 3.61. The van der Waals surface area contributed by atoms with Gasteiger partial charge in [0.25, 0.3) is 0 Å². The van der Waals surface area contributed by atoms with Gasteiger partial charge in [-0.25, -0.2) is 0 Å². The molecule has 1 nitrogen and oxygen atoms in total. The summed E-state index contributed by atoms with van der Waals surface area (Å²) < 4.78 is 0. The maximum atomic E-state index is 6.06. The molecule has 1 aromatic carbocycles. The summed E-state index contributed by atoms with van der Waals surface area (Å²) in [5, 5.41) is 4.95. The van der Waals surface area contributed by atoms with E-state index in [1.54, 1.807) is 0 Å². The fraction of sp³-hybridized carbons (Fsp3) is 0.571. The van der Waals surface area contributed by atoms with E-state index >= 15 is 0 Å². The van der Waals surface area contributed by atoms with Gasteiger partial charge in [0, 0.05) is 5.54 Å². The number of rotatable bonds is 2. The Morgan fingerprint density at radius 3 is 2.76 bits per heavy atom. The van der Waals surface area contributed by atoms with Gasteiger partial charge < -0.3 is 5.32 Å². The summed E-state index contributed by atoms with van der Waals surface area (Å²) in [5.41, 5.74) is 1.46. The molecule has 1 aliphatic rings. The zero-order chi connectivity index (χ0) is 12.3. The summed E-state index contributed by atoms with van der Waals surface area (Å²) in [6.07, 6.45) is 6.18. The number of benzene rings is 1. The first-order valence-electron chi connectivity index (χ1n) is 6.28. The average Bonchev–Trinajstić information content (AvgIpc) is 2.49. The van der Waals surface area contributed by atoms with Crippen molar-refractivity contribution >= 4 is 23.2 Å². The monoisotopic (exact) mass is 271 g/mol. The molecule has 1 aliphatic heterocycles. The molecule has 94 valence electrons. The maximum absolute atomic E-state index is 6.06. The predicted octanol–water partition coefficient (Wildman–Crippen LogP) is 4.46. The maximum Gasteiger partial charge on any atom is 0.0595 e. The first-order chi connectivity index (χ1) is 8.09. The van der Waals surface area contributed by atoms with Crippen LogP contribution in [0.4, 0.5) is 0 Å². The number of hydrogen-bond donors (Lipinski definition) is 1. The van der Waals surface area contributed by atoms with E-state index in [-0.39, 0.29) is 5.54 Å². The van der Waals surface area contributed by atoms with E-state index in [2.05, 4.69) is 18.3 Å². The Morgan fingerprint density at radius 1 is 1.18 bits per heavy atom. The van der Waals surface area contributed by atoms with Crippen LogP contribution in [0, 0.1) is 0 Å². The zero-order valence-corrected chi connectivity index (χ0v) is 11.7. The van der Waals surface area contributed by atoms with E-state index in [9.17, 15) is 0 Å². The van der Waals surface area contributed by atoms with Crippen molar-refractivity contribution in [3.05, 3.63) is 33.8 Å². The van der Waals surface area contributed by atoms with Crippen molar-refractivity contribution in [2.24, 2.45) is 0 Å². The highest BCUT2D eigenvalue weighted by Gasteiger charge is 2.25. The van der Waals surface area contributed by atoms with Crippen molar-refractivity contribution < 1.29 is 0 Å². The second-order valence-corrected chi connectivity index (χ2v) is 6.04. The smallest absolute Gasteiger partial charge is 0.0595 e. The highest BCUT2D eigenvalue weighted by Crippen LogP contribution is 2.27. The van der Waals surface area contributed by atoms with Crippen molar-refractivity contribution in [2.75, 3.05) is 6.54 Å². The molecular formula is C14H19Cl2N. The summed E-state index contributed by atoms with van der Waals surface area (Å²) in [6.45, 7) is 3.43. The minimum absolute atomic E-state index is 0.202. The van der Waals surface area contributed by atoms with Crippen LogP contribution < -0.4 is 5.32 Å². The third-order valence-corrected chi connectivity index (χ3v) is 4.27. The SMILES string of the molecule is CC1(Cc2ccc(Cl)c(Cl)c2)CCCCCN1. The minimum Gasteiger partial charge on any atom is -0.311 e. The average molecular weight is 272 g/mol. The van der Waals surface area contributed by atoms with E-state index in [1.165, 1.54) is 31.2 Å². The van der Waals surface area contributed by atoms with Gasteiger partial charge >= 0.3 is 0 Å². The summed E-state index contributed by atoms with van der Waals surface area (Å²) in [5.74, 6) is 0. The lowest BCUT2D eigenvalue weighted by Crippen LogP contribution is -2.43. The highest BCUT2D eigenvalue weighted by molar-refractivity contribution is 6.42. The standard InChI is InChI=1S/C14H19Cl2N/c1-14(7-3-2-4-8-17-14)10-11-5-6-12(15)13(16)9-11/h5-6,9,17H,2-4,7-8,10H2,1H3. The van der Waals surface area contributed by atoms with Crippen molar-refractivity contribution in [3.8, 4) is 0 Å². The molecule has 0 aromatic heterocycles. The predicted molar refractivity (Wildman–Crippen MR) is 75.0 cm³/mol. The number of nitrogens with one attached hydrogen (secondary N) is 1. The largest absolute Gasteiger partial charge is 0.311 e. The van der Waals surface area contributed by atoms with E-state index in [0.717, 1.165) is 13.0 Å². The molecule has 1 unspecified atom stereocenters. The van der Waals surface area contributed by atoms with Crippen LogP contribution >= 0.6 is 23.2 Å². The molecule has 1 heterocycles. The Bertz CT molecular complexity index is 382. The molecular weight excluding hydrogens is 253 g/mol. The Hall–Kier alpha value is -0.240. The fourth-order valence-electron chi connectivity index (χ4n) is 2.55. The molecule has 0 saturated carbocycles. The number of hydrogen-bond acceptors (Lipinski definition) is 1. The molecule has 2 rings (SSSR count). The molecule has 17 heavy (non-hydrogen) atoms. The molecule has 1 N–H and O–H groups in total. The summed E-state index contributed by atoms with van der Waals surface area (Å²) in [4.78, 5) is 0. The first kappa shape index (κ1) is 13.2. The number of halogens is 2. The van der Waals surface area contributed by atoms with Crippen LogP contribution in [0.3, 0.4) is 0 Å². The Labute approximate surface area is 114 Å². The molecule has 1 aromatic rings. The van der Waals surface area contributed by atoms with Crippen LogP contribution in [0.2, 0.25) is 10.0 Å². The Kier molecular flexibility index (Phi) is 4.35. The Balaban J connectivity index is 2.10. The van der Waals surface area contributed by atoms with Gasteiger partial charge in [-0.2, -0.15) is 0 Å². The van der Waals surface area contributed by atoms with Crippen LogP contribution in [-0.2, 0) is 6.42 Å². The van der Waals surface area contributed by atoms with E-state index < -0.39 is 0 Å².